The summed E-state index contributed by atoms with van der Waals surface area (Å²) in [5.41, 5.74) is -0.519. The van der Waals surface area contributed by atoms with Crippen LogP contribution in [0.4, 0.5) is 13.2 Å². The summed E-state index contributed by atoms with van der Waals surface area (Å²) in [5.74, 6) is -1.66. The fraction of sp³-hybridized carbons (Fsp3) is 0.615. The zero-order valence-corrected chi connectivity index (χ0v) is 21.3. The molecule has 2 N–H and O–H groups in total. The maximum atomic E-state index is 13.3. The van der Waals surface area contributed by atoms with Crippen LogP contribution >= 0.6 is 0 Å². The van der Waals surface area contributed by atoms with Gasteiger partial charge in [0.1, 0.15) is 23.6 Å². The Morgan fingerprint density at radius 2 is 1.87 bits per heavy atom. The topological polar surface area (TPSA) is 121 Å². The van der Waals surface area contributed by atoms with Gasteiger partial charge in [0, 0.05) is 18.0 Å². The maximum Gasteiger partial charge on any atom is 0.573 e. The van der Waals surface area contributed by atoms with Crippen molar-refractivity contribution in [2.45, 2.75) is 76.4 Å². The van der Waals surface area contributed by atoms with E-state index in [0.29, 0.717) is 19.4 Å². The maximum absolute atomic E-state index is 13.3. The summed E-state index contributed by atoms with van der Waals surface area (Å²) in [6.07, 6.45) is -0.818. The average molecular weight is 537 g/mol. The molecule has 3 amide bonds. The van der Waals surface area contributed by atoms with Crippen molar-refractivity contribution in [3.05, 3.63) is 24.3 Å². The molecule has 0 aromatic heterocycles. The van der Waals surface area contributed by atoms with Crippen molar-refractivity contribution < 1.29 is 37.0 Å². The second kappa shape index (κ2) is 10.3. The van der Waals surface area contributed by atoms with E-state index in [-0.39, 0.29) is 29.0 Å². The first-order valence-electron chi connectivity index (χ1n) is 12.6. The van der Waals surface area contributed by atoms with E-state index in [9.17, 15) is 32.8 Å². The first kappa shape index (κ1) is 27.5. The number of alkyl halides is 3. The first-order chi connectivity index (χ1) is 17.8. The zero-order valence-electron chi connectivity index (χ0n) is 21.3. The number of nitrogens with one attached hydrogen (secondary N) is 2. The van der Waals surface area contributed by atoms with E-state index in [1.54, 1.807) is 0 Å². The summed E-state index contributed by atoms with van der Waals surface area (Å²) < 4.78 is 46.3. The highest BCUT2D eigenvalue weighted by Crippen LogP contribution is 2.50. The lowest BCUT2D eigenvalue weighted by Crippen LogP contribution is -2.50. The molecule has 2 aliphatic heterocycles. The van der Waals surface area contributed by atoms with Crippen molar-refractivity contribution in [1.29, 1.82) is 5.26 Å². The van der Waals surface area contributed by atoms with E-state index in [1.165, 1.54) is 17.0 Å². The third-order valence-corrected chi connectivity index (χ3v) is 7.55. The highest BCUT2D eigenvalue weighted by Gasteiger charge is 2.51. The van der Waals surface area contributed by atoms with Crippen molar-refractivity contribution in [2.75, 3.05) is 13.2 Å². The molecule has 3 aliphatic rings. The SMILES string of the molecule is CC1(C)C[C@@H](C[C@@H](C#N)NC(=O)[C@@H]2CC3(CCC3)CN2C(=O)COc2ccc(OC(F)(F)F)cc2)C(=O)N1. The molecule has 0 unspecified atom stereocenters. The van der Waals surface area contributed by atoms with E-state index in [0.717, 1.165) is 31.4 Å². The molecule has 1 aromatic carbocycles. The molecule has 0 bridgehead atoms. The molecule has 0 radical (unpaired) electrons. The van der Waals surface area contributed by atoms with E-state index in [4.69, 9.17) is 4.74 Å². The van der Waals surface area contributed by atoms with Crippen molar-refractivity contribution in [3.63, 3.8) is 0 Å². The van der Waals surface area contributed by atoms with E-state index in [2.05, 4.69) is 21.4 Å². The summed E-state index contributed by atoms with van der Waals surface area (Å²) in [4.78, 5) is 40.1. The van der Waals surface area contributed by atoms with Crippen molar-refractivity contribution in [2.24, 2.45) is 11.3 Å². The van der Waals surface area contributed by atoms with E-state index >= 15 is 0 Å². The van der Waals surface area contributed by atoms with Crippen LogP contribution in [0.1, 0.15) is 52.4 Å². The highest BCUT2D eigenvalue weighted by atomic mass is 19.4. The van der Waals surface area contributed by atoms with E-state index < -0.39 is 48.5 Å². The second-order valence-corrected chi connectivity index (χ2v) is 11.1. The summed E-state index contributed by atoms with van der Waals surface area (Å²) in [7, 11) is 0. The lowest BCUT2D eigenvalue weighted by atomic mass is 9.67. The smallest absolute Gasteiger partial charge is 0.484 e. The van der Waals surface area contributed by atoms with Crippen LogP contribution < -0.4 is 20.1 Å². The second-order valence-electron chi connectivity index (χ2n) is 11.1. The number of halogens is 3. The molecule has 4 rings (SSSR count). The van der Waals surface area contributed by atoms with Gasteiger partial charge in [0.25, 0.3) is 5.91 Å². The monoisotopic (exact) mass is 536 g/mol. The Morgan fingerprint density at radius 1 is 1.21 bits per heavy atom. The number of likely N-dealkylation sites (tertiary alicyclic amines) is 1. The van der Waals surface area contributed by atoms with Gasteiger partial charge < -0.3 is 25.0 Å². The third-order valence-electron chi connectivity index (χ3n) is 7.55. The molecule has 1 aliphatic carbocycles. The van der Waals surface area contributed by atoms with Gasteiger partial charge in [-0.2, -0.15) is 5.26 Å². The molecule has 1 spiro atoms. The van der Waals surface area contributed by atoms with Gasteiger partial charge in [0.2, 0.25) is 11.8 Å². The quantitative estimate of drug-likeness (QED) is 0.527. The van der Waals surface area contributed by atoms with Gasteiger partial charge in [-0.25, -0.2) is 0 Å². The number of amides is 3. The Balaban J connectivity index is 1.37. The van der Waals surface area contributed by atoms with Gasteiger partial charge in [0.05, 0.1) is 6.07 Å². The molecule has 3 atom stereocenters. The minimum Gasteiger partial charge on any atom is -0.484 e. The lowest BCUT2D eigenvalue weighted by Gasteiger charge is -2.37. The first-order valence-corrected chi connectivity index (χ1v) is 12.6. The predicted molar refractivity (Wildman–Crippen MR) is 128 cm³/mol. The third kappa shape index (κ3) is 6.49. The lowest BCUT2D eigenvalue weighted by molar-refractivity contribution is -0.274. The summed E-state index contributed by atoms with van der Waals surface area (Å²) >= 11 is 0. The van der Waals surface area contributed by atoms with Crippen LogP contribution in [-0.4, -0.2) is 59.8 Å². The van der Waals surface area contributed by atoms with Gasteiger partial charge in [-0.05, 0) is 75.6 Å². The van der Waals surface area contributed by atoms with Crippen LogP contribution in [0.5, 0.6) is 11.5 Å². The van der Waals surface area contributed by atoms with Crippen molar-refractivity contribution >= 4 is 17.7 Å². The van der Waals surface area contributed by atoms with Gasteiger partial charge in [-0.15, -0.1) is 13.2 Å². The number of rotatable bonds is 8. The number of nitriles is 1. The fourth-order valence-corrected chi connectivity index (χ4v) is 5.64. The number of hydrogen-bond acceptors (Lipinski definition) is 6. The molecule has 2 saturated heterocycles. The van der Waals surface area contributed by atoms with E-state index in [1.807, 2.05) is 13.8 Å². The average Bonchev–Trinajstić information content (AvgIpc) is 3.34. The molecule has 3 fully saturated rings. The highest BCUT2D eigenvalue weighted by molar-refractivity contribution is 5.89. The Bertz CT molecular complexity index is 1110. The minimum atomic E-state index is -4.81. The van der Waals surface area contributed by atoms with Gasteiger partial charge in [0.15, 0.2) is 6.61 Å². The molecule has 206 valence electrons. The molecular formula is C26H31F3N4O5. The number of benzene rings is 1. The molecule has 9 nitrogen and oxygen atoms in total. The molecule has 1 aromatic rings. The number of hydrogen-bond donors (Lipinski definition) is 2. The Morgan fingerprint density at radius 3 is 2.39 bits per heavy atom. The minimum absolute atomic E-state index is 0.147. The fourth-order valence-electron chi connectivity index (χ4n) is 5.64. The van der Waals surface area contributed by atoms with Crippen LogP contribution in [0.2, 0.25) is 0 Å². The van der Waals surface area contributed by atoms with Crippen LogP contribution in [0.3, 0.4) is 0 Å². The molecule has 2 heterocycles. The predicted octanol–water partition coefficient (Wildman–Crippen LogP) is 3.05. The van der Waals surface area contributed by atoms with Crippen molar-refractivity contribution in [3.8, 4) is 17.6 Å². The van der Waals surface area contributed by atoms with Gasteiger partial charge in [-0.3, -0.25) is 14.4 Å². The molecule has 12 heteroatoms. The number of nitrogens with zero attached hydrogens (tertiary/aromatic N) is 2. The molecule has 38 heavy (non-hydrogen) atoms. The van der Waals surface area contributed by atoms with Crippen LogP contribution in [0, 0.1) is 22.7 Å². The number of carbonyl (C=O) groups is 3. The van der Waals surface area contributed by atoms with Gasteiger partial charge >= 0.3 is 6.36 Å². The number of carbonyl (C=O) groups excluding carboxylic acids is 3. The molecule has 1 saturated carbocycles. The molecular weight excluding hydrogens is 505 g/mol. The van der Waals surface area contributed by atoms with Crippen LogP contribution in [-0.2, 0) is 14.4 Å². The normalized spacial score (nSPS) is 24.2. The Kier molecular flexibility index (Phi) is 7.50. The largest absolute Gasteiger partial charge is 0.573 e. The van der Waals surface area contributed by atoms with Crippen LogP contribution in [0.25, 0.3) is 0 Å². The summed E-state index contributed by atoms with van der Waals surface area (Å²) in [6.45, 7) is 3.79. The number of ether oxygens (including phenoxy) is 2. The summed E-state index contributed by atoms with van der Waals surface area (Å²) in [6, 6.07) is 5.09. The Hall–Kier alpha value is -3.49. The zero-order chi connectivity index (χ0) is 27.7. The standard InChI is InChI=1S/C26H31F3N4O5/c1-24(2)11-16(22(35)32-24)10-17(13-30)31-23(36)20-12-25(8-3-9-25)15-33(20)21(34)14-37-18-4-6-19(7-5-18)38-26(27,28)29/h4-7,16-17,20H,3,8-12,14-15H2,1-2H3,(H,31,36)(H,32,35)/t16-,17+,20+/m1/s1. The van der Waals surface area contributed by atoms with Gasteiger partial charge in [-0.1, -0.05) is 6.42 Å². The van der Waals surface area contributed by atoms with Crippen LogP contribution in [0.15, 0.2) is 24.3 Å². The van der Waals surface area contributed by atoms with Crippen molar-refractivity contribution in [1.82, 2.24) is 15.5 Å². The summed E-state index contributed by atoms with van der Waals surface area (Å²) in [5, 5.41) is 15.3. The Labute approximate surface area is 218 Å².